The fourth-order valence-electron chi connectivity index (χ4n) is 8.53. The summed E-state index contributed by atoms with van der Waals surface area (Å²) in [5, 5.41) is 61.5. The smallest absolute Gasteiger partial charge is 0.337 e. The third-order valence-electron chi connectivity index (χ3n) is 10.3. The van der Waals surface area contributed by atoms with Gasteiger partial charge in [0.15, 0.2) is 17.2 Å². The van der Waals surface area contributed by atoms with E-state index in [1.807, 2.05) is 6.92 Å². The van der Waals surface area contributed by atoms with E-state index in [2.05, 4.69) is 0 Å². The first-order valence-corrected chi connectivity index (χ1v) is 13.2. The zero-order valence-electron chi connectivity index (χ0n) is 22.0. The predicted octanol–water partition coefficient (Wildman–Crippen LogP) is 0.550. The fourth-order valence-corrected chi connectivity index (χ4v) is 8.53. The van der Waals surface area contributed by atoms with E-state index in [4.69, 9.17) is 4.74 Å². The number of hydrogen-bond donors (Lipinski definition) is 6. The molecule has 3 saturated carbocycles. The molecule has 0 radical (unpaired) electrons. The lowest BCUT2D eigenvalue weighted by molar-refractivity contribution is -0.206. The number of Topliss-reactive ketones (excluding diaryl/α,β-unsaturated/α-hetero) is 1. The molecule has 0 saturated heterocycles. The highest BCUT2D eigenvalue weighted by Gasteiger charge is 2.69. The van der Waals surface area contributed by atoms with Crippen LogP contribution < -0.4 is 0 Å². The second-order valence-electron chi connectivity index (χ2n) is 12.2. The average molecular weight is 553 g/mol. The Morgan fingerprint density at radius 2 is 1.69 bits per heavy atom. The van der Waals surface area contributed by atoms with Crippen molar-refractivity contribution in [2.75, 3.05) is 6.61 Å². The summed E-state index contributed by atoms with van der Waals surface area (Å²) in [6, 6.07) is 0. The first-order chi connectivity index (χ1) is 18.0. The molecule has 39 heavy (non-hydrogen) atoms. The highest BCUT2D eigenvalue weighted by atomic mass is 16.5. The van der Waals surface area contributed by atoms with Crippen LogP contribution in [-0.2, 0) is 28.7 Å². The molecule has 4 aliphatic rings. The van der Waals surface area contributed by atoms with E-state index < -0.39 is 89.2 Å². The maximum absolute atomic E-state index is 12.7. The van der Waals surface area contributed by atoms with E-state index in [0.717, 1.165) is 0 Å². The largest absolute Gasteiger partial charge is 0.481 e. The summed E-state index contributed by atoms with van der Waals surface area (Å²) < 4.78 is 6.00. The van der Waals surface area contributed by atoms with Gasteiger partial charge in [0, 0.05) is 11.8 Å². The average Bonchev–Trinajstić information content (AvgIpc) is 3.09. The predicted molar refractivity (Wildman–Crippen MR) is 130 cm³/mol. The quantitative estimate of drug-likeness (QED) is 0.231. The van der Waals surface area contributed by atoms with Gasteiger partial charge in [-0.1, -0.05) is 13.8 Å². The number of fused-ring (bicyclic) bond motifs is 5. The van der Waals surface area contributed by atoms with Crippen molar-refractivity contribution in [3.8, 4) is 0 Å². The third kappa shape index (κ3) is 4.41. The molecule has 4 rings (SSSR count). The number of rotatable bonds is 9. The molecule has 0 bridgehead atoms. The summed E-state index contributed by atoms with van der Waals surface area (Å²) >= 11 is 0. The molecule has 8 atom stereocenters. The molecule has 3 fully saturated rings. The molecular formula is C27H36O12. The number of carbonyl (C=O) groups is 5. The molecule has 12 nitrogen and oxygen atoms in total. The minimum atomic E-state index is -2.63. The highest BCUT2D eigenvalue weighted by molar-refractivity contribution is 5.92. The van der Waals surface area contributed by atoms with Gasteiger partial charge in [0.2, 0.25) is 0 Å². The number of carboxylic acids is 3. The standard InChI is InChI=1S/C27H36O12/c1-24-5-3-13(29)7-16(24)18(39-26(23(36)37,10-20(32)33)11-21(34)35)8-14-15-4-6-27(38,19(31)12-28)25(15,2)9-17(30)22(14)24/h7,14-15,17-18,22,28,30,38H,3-6,8-12H2,1-2H3,(H,32,33)(H,34,35)(H,36,37)/t14-,15-,17-,18?,22+,24-,25-,27-/m0/s1. The van der Waals surface area contributed by atoms with E-state index in [0.29, 0.717) is 18.4 Å². The highest BCUT2D eigenvalue weighted by Crippen LogP contribution is 2.68. The van der Waals surface area contributed by atoms with Gasteiger partial charge in [0.25, 0.3) is 0 Å². The maximum atomic E-state index is 12.7. The minimum Gasteiger partial charge on any atom is -0.481 e. The molecule has 0 spiro atoms. The van der Waals surface area contributed by atoms with Gasteiger partial charge < -0.3 is 35.4 Å². The van der Waals surface area contributed by atoms with Crippen molar-refractivity contribution in [2.24, 2.45) is 28.6 Å². The molecular weight excluding hydrogens is 516 g/mol. The first-order valence-electron chi connectivity index (χ1n) is 13.2. The van der Waals surface area contributed by atoms with Gasteiger partial charge in [-0.25, -0.2) is 4.79 Å². The molecule has 0 aromatic carbocycles. The fraction of sp³-hybridized carbons (Fsp3) is 0.741. The summed E-state index contributed by atoms with van der Waals surface area (Å²) in [5.74, 6) is -7.15. The van der Waals surface area contributed by atoms with E-state index in [-0.39, 0.29) is 37.4 Å². The second-order valence-corrected chi connectivity index (χ2v) is 12.2. The van der Waals surface area contributed by atoms with Gasteiger partial charge in [-0.05, 0) is 66.9 Å². The molecule has 0 aromatic heterocycles. The Morgan fingerprint density at radius 3 is 2.23 bits per heavy atom. The van der Waals surface area contributed by atoms with Crippen LogP contribution in [0.4, 0.5) is 0 Å². The van der Waals surface area contributed by atoms with Gasteiger partial charge >= 0.3 is 17.9 Å². The third-order valence-corrected chi connectivity index (χ3v) is 10.3. The number of aliphatic hydroxyl groups excluding tert-OH is 2. The van der Waals surface area contributed by atoms with Crippen molar-refractivity contribution in [3.63, 3.8) is 0 Å². The van der Waals surface area contributed by atoms with Crippen molar-refractivity contribution in [1.82, 2.24) is 0 Å². The van der Waals surface area contributed by atoms with E-state index in [1.165, 1.54) is 6.08 Å². The summed E-state index contributed by atoms with van der Waals surface area (Å²) in [6.07, 6.45) is -2.11. The van der Waals surface area contributed by atoms with Crippen molar-refractivity contribution in [2.45, 2.75) is 88.6 Å². The van der Waals surface area contributed by atoms with Gasteiger partial charge in [0.05, 0.1) is 25.0 Å². The normalized spacial score (nSPS) is 39.7. The van der Waals surface area contributed by atoms with Gasteiger partial charge in [-0.2, -0.15) is 0 Å². The molecule has 6 N–H and O–H groups in total. The zero-order chi connectivity index (χ0) is 29.1. The molecule has 0 aromatic rings. The van der Waals surface area contributed by atoms with Crippen LogP contribution in [0.2, 0.25) is 0 Å². The molecule has 4 aliphatic carbocycles. The lowest BCUT2D eigenvalue weighted by atomic mass is 9.45. The molecule has 1 unspecified atom stereocenters. The minimum absolute atomic E-state index is 0.0222. The maximum Gasteiger partial charge on any atom is 0.337 e. The molecule has 0 heterocycles. The van der Waals surface area contributed by atoms with Gasteiger partial charge in [-0.3, -0.25) is 19.2 Å². The Balaban J connectivity index is 1.83. The van der Waals surface area contributed by atoms with Crippen LogP contribution in [0.5, 0.6) is 0 Å². The van der Waals surface area contributed by atoms with Gasteiger partial charge in [0.1, 0.15) is 12.2 Å². The topological polar surface area (TPSA) is 216 Å². The lowest BCUT2D eigenvalue weighted by Gasteiger charge is -2.62. The molecule has 0 amide bonds. The summed E-state index contributed by atoms with van der Waals surface area (Å²) in [4.78, 5) is 60.9. The number of carboxylic acid groups (broad SMARTS) is 3. The number of carbonyl (C=O) groups excluding carboxylic acids is 2. The van der Waals surface area contributed by atoms with Crippen molar-refractivity contribution in [3.05, 3.63) is 11.6 Å². The van der Waals surface area contributed by atoms with E-state index in [1.54, 1.807) is 6.92 Å². The molecule has 216 valence electrons. The SMILES string of the molecule is C[C@]12CCC(=O)C=C1C(OC(CC(=O)O)(CC(=O)O)C(=O)O)C[C@@H]1[C@@H]2[C@@H](O)C[C@@]2(C)[C@H]1CC[C@]2(O)C(=O)CO. The van der Waals surface area contributed by atoms with Crippen molar-refractivity contribution in [1.29, 1.82) is 0 Å². The number of ether oxygens (including phenoxy) is 1. The number of ketones is 2. The summed E-state index contributed by atoms with van der Waals surface area (Å²) in [6.45, 7) is 2.66. The van der Waals surface area contributed by atoms with Crippen LogP contribution in [0.1, 0.15) is 65.2 Å². The molecule has 12 heteroatoms. The Morgan fingerprint density at radius 1 is 1.08 bits per heavy atom. The van der Waals surface area contributed by atoms with Crippen LogP contribution in [0, 0.1) is 28.6 Å². The number of aliphatic carboxylic acids is 3. The Labute approximate surface area is 224 Å². The summed E-state index contributed by atoms with van der Waals surface area (Å²) in [7, 11) is 0. The van der Waals surface area contributed by atoms with Crippen LogP contribution in [0.25, 0.3) is 0 Å². The zero-order valence-corrected chi connectivity index (χ0v) is 22.0. The van der Waals surface area contributed by atoms with Crippen LogP contribution in [0.15, 0.2) is 11.6 Å². The van der Waals surface area contributed by atoms with Crippen LogP contribution in [-0.4, -0.2) is 90.1 Å². The van der Waals surface area contributed by atoms with E-state index in [9.17, 15) is 54.6 Å². The number of hydrogen-bond acceptors (Lipinski definition) is 9. The van der Waals surface area contributed by atoms with Gasteiger partial charge in [-0.15, -0.1) is 0 Å². The van der Waals surface area contributed by atoms with Crippen molar-refractivity contribution < 1.29 is 59.3 Å². The van der Waals surface area contributed by atoms with Crippen LogP contribution >= 0.6 is 0 Å². The Bertz CT molecular complexity index is 1110. The van der Waals surface area contributed by atoms with Crippen molar-refractivity contribution >= 4 is 29.5 Å². The Hall–Kier alpha value is -2.67. The van der Waals surface area contributed by atoms with Crippen LogP contribution in [0.3, 0.4) is 0 Å². The monoisotopic (exact) mass is 552 g/mol. The Kier molecular flexibility index (Phi) is 7.33. The molecule has 0 aliphatic heterocycles. The van der Waals surface area contributed by atoms with E-state index >= 15 is 0 Å². The number of aliphatic hydroxyl groups is 3. The first kappa shape index (κ1) is 29.3. The lowest BCUT2D eigenvalue weighted by Crippen LogP contribution is -2.64. The summed E-state index contributed by atoms with van der Waals surface area (Å²) in [5.41, 5.74) is -6.11. The second kappa shape index (κ2) is 9.76.